The fourth-order valence-electron chi connectivity index (χ4n) is 3.38. The Kier molecular flexibility index (Phi) is 11.1. The molecule has 4 aromatic rings. The minimum absolute atomic E-state index is 0.755. The molecule has 0 atom stereocenters. The summed E-state index contributed by atoms with van der Waals surface area (Å²) in [6.07, 6.45) is 4.05. The maximum atomic E-state index is 6.17. The van der Waals surface area contributed by atoms with E-state index < -0.39 is 0 Å². The molecule has 0 amide bonds. The van der Waals surface area contributed by atoms with Crippen molar-refractivity contribution in [1.29, 1.82) is 0 Å². The van der Waals surface area contributed by atoms with Crippen LogP contribution in [0.5, 0.6) is 0 Å². The number of aromatic nitrogens is 2. The van der Waals surface area contributed by atoms with Crippen molar-refractivity contribution in [2.24, 2.45) is 0 Å². The highest BCUT2D eigenvalue weighted by Crippen LogP contribution is 2.20. The van der Waals surface area contributed by atoms with Crippen molar-refractivity contribution in [2.75, 3.05) is 14.1 Å². The second-order valence-electron chi connectivity index (χ2n) is 8.66. The molecule has 2 aromatic carbocycles. The van der Waals surface area contributed by atoms with Crippen LogP contribution >= 0.6 is 43.5 Å². The lowest BCUT2D eigenvalue weighted by atomic mass is 10.1. The van der Waals surface area contributed by atoms with Crippen LogP contribution in [0.2, 0.25) is 5.02 Å². The summed E-state index contributed by atoms with van der Waals surface area (Å²) in [5, 5.41) is 0.755. The smallest absolute Gasteiger partial charge is 0.113 e. The largest absolute Gasteiger partial charge is 0.305 e. The zero-order valence-corrected chi connectivity index (χ0v) is 25.2. The molecule has 0 N–H and O–H groups in total. The summed E-state index contributed by atoms with van der Waals surface area (Å²) >= 11 is 13.0. The number of halogens is 3. The lowest BCUT2D eigenvalue weighted by Crippen LogP contribution is -2.12. The van der Waals surface area contributed by atoms with Gasteiger partial charge >= 0.3 is 0 Å². The summed E-state index contributed by atoms with van der Waals surface area (Å²) in [5.74, 6) is 6.15. The molecule has 0 bridgehead atoms. The minimum atomic E-state index is 0.755. The van der Waals surface area contributed by atoms with E-state index in [1.165, 1.54) is 5.56 Å². The van der Waals surface area contributed by atoms with E-state index in [1.807, 2.05) is 92.7 Å². The Labute approximate surface area is 241 Å². The van der Waals surface area contributed by atoms with Crippen LogP contribution in [0.15, 0.2) is 81.7 Å². The van der Waals surface area contributed by atoms with Gasteiger partial charge in [-0.2, -0.15) is 0 Å². The van der Waals surface area contributed by atoms with Crippen molar-refractivity contribution in [3.8, 4) is 11.8 Å². The summed E-state index contributed by atoms with van der Waals surface area (Å²) in [4.78, 5) is 11.1. The molecule has 0 radical (unpaired) electrons. The molecule has 3 nitrogen and oxygen atoms in total. The first-order chi connectivity index (χ1) is 17.7. The van der Waals surface area contributed by atoms with E-state index in [1.54, 1.807) is 0 Å². The van der Waals surface area contributed by atoms with E-state index in [-0.39, 0.29) is 0 Å². The summed E-state index contributed by atoms with van der Waals surface area (Å²) in [6.45, 7) is 4.84. The van der Waals surface area contributed by atoms with Crippen molar-refractivity contribution in [3.63, 3.8) is 0 Å². The van der Waals surface area contributed by atoms with Crippen molar-refractivity contribution in [2.45, 2.75) is 20.4 Å². The van der Waals surface area contributed by atoms with Gasteiger partial charge in [0.1, 0.15) is 5.69 Å². The van der Waals surface area contributed by atoms with Gasteiger partial charge < -0.3 is 4.90 Å². The molecule has 0 aliphatic rings. The van der Waals surface area contributed by atoms with Gasteiger partial charge in [-0.05, 0) is 93.5 Å². The minimum Gasteiger partial charge on any atom is -0.305 e. The standard InChI is InChI=1S/C17H19ClN2.C14H9Br2N/c1-13-8-9-15(12-20(2)3)17(19-13)11-10-14-6-4-5-7-16(14)18;1-10-3-2-4-14(17-10)6-5-11-7-12(15)9-13(16)8-11/h4-11H,12H2,1-3H3;2-4,7-9H,1H3. The summed E-state index contributed by atoms with van der Waals surface area (Å²) in [5.41, 5.74) is 6.96. The maximum absolute atomic E-state index is 6.17. The van der Waals surface area contributed by atoms with Crippen LogP contribution in [-0.4, -0.2) is 29.0 Å². The van der Waals surface area contributed by atoms with Gasteiger partial charge in [0.05, 0.1) is 5.69 Å². The highest BCUT2D eigenvalue weighted by Gasteiger charge is 2.04. The molecule has 0 fully saturated rings. The van der Waals surface area contributed by atoms with Crippen LogP contribution in [0, 0.1) is 25.7 Å². The van der Waals surface area contributed by atoms with E-state index >= 15 is 0 Å². The first-order valence-corrected chi connectivity index (χ1v) is 13.6. The van der Waals surface area contributed by atoms with Crippen molar-refractivity contribution >= 4 is 55.6 Å². The quantitative estimate of drug-likeness (QED) is 0.210. The van der Waals surface area contributed by atoms with Crippen molar-refractivity contribution < 1.29 is 0 Å². The molecule has 0 saturated heterocycles. The third kappa shape index (κ3) is 9.91. The molecule has 6 heteroatoms. The molecular weight excluding hydrogens is 610 g/mol. The predicted octanol–water partition coefficient (Wildman–Crippen LogP) is 8.59. The van der Waals surface area contributed by atoms with Gasteiger partial charge in [-0.25, -0.2) is 4.98 Å². The molecule has 4 rings (SSSR count). The van der Waals surface area contributed by atoms with Crippen LogP contribution in [0.3, 0.4) is 0 Å². The third-order valence-electron chi connectivity index (χ3n) is 5.05. The Balaban J connectivity index is 0.000000208. The van der Waals surface area contributed by atoms with Gasteiger partial charge in [0.2, 0.25) is 0 Å². The third-order valence-corrected chi connectivity index (χ3v) is 6.31. The van der Waals surface area contributed by atoms with Gasteiger partial charge in [0.15, 0.2) is 0 Å². The normalized spacial score (nSPS) is 10.6. The first kappa shape index (κ1) is 28.8. The lowest BCUT2D eigenvalue weighted by molar-refractivity contribution is 0.401. The van der Waals surface area contributed by atoms with E-state index in [0.717, 1.165) is 54.4 Å². The number of rotatable bonds is 4. The fraction of sp³-hybridized carbons (Fsp3) is 0.161. The van der Waals surface area contributed by atoms with Crippen LogP contribution in [0.4, 0.5) is 0 Å². The number of aryl methyl sites for hydroxylation is 2. The fourth-order valence-corrected chi connectivity index (χ4v) is 4.87. The topological polar surface area (TPSA) is 29.0 Å². The predicted molar refractivity (Wildman–Crippen MR) is 164 cm³/mol. The average molecular weight is 638 g/mol. The second-order valence-corrected chi connectivity index (χ2v) is 10.9. The van der Waals surface area contributed by atoms with Crippen LogP contribution in [0.25, 0.3) is 12.2 Å². The second kappa shape index (κ2) is 14.3. The van der Waals surface area contributed by atoms with Gasteiger partial charge in [-0.15, -0.1) is 0 Å². The maximum Gasteiger partial charge on any atom is 0.113 e. The number of hydrogen-bond acceptors (Lipinski definition) is 3. The monoisotopic (exact) mass is 635 g/mol. The SMILES string of the molecule is Cc1ccc(CN(C)C)c(C=Cc2ccccc2Cl)n1.Cc1cccc(C#Cc2cc(Br)cc(Br)c2)n1. The van der Waals surface area contributed by atoms with Crippen LogP contribution in [-0.2, 0) is 6.54 Å². The summed E-state index contributed by atoms with van der Waals surface area (Å²) in [6, 6.07) is 23.8. The molecule has 2 heterocycles. The molecule has 0 saturated carbocycles. The van der Waals surface area contributed by atoms with E-state index in [4.69, 9.17) is 11.6 Å². The van der Waals surface area contributed by atoms with E-state index in [0.29, 0.717) is 0 Å². The number of nitrogens with zero attached hydrogens (tertiary/aromatic N) is 3. The molecule has 2 aromatic heterocycles. The number of pyridine rings is 2. The Morgan fingerprint density at radius 3 is 2.19 bits per heavy atom. The first-order valence-electron chi connectivity index (χ1n) is 11.7. The molecule has 0 spiro atoms. The Hall–Kier alpha value is -2.75. The van der Waals surface area contributed by atoms with Gasteiger partial charge in [-0.3, -0.25) is 4.98 Å². The highest BCUT2D eigenvalue weighted by atomic mass is 79.9. The Morgan fingerprint density at radius 2 is 1.51 bits per heavy atom. The highest BCUT2D eigenvalue weighted by molar-refractivity contribution is 9.11. The molecule has 0 aliphatic carbocycles. The van der Waals surface area contributed by atoms with Gasteiger partial charge in [-0.1, -0.05) is 85.8 Å². The van der Waals surface area contributed by atoms with E-state index in [2.05, 4.69) is 78.7 Å². The average Bonchev–Trinajstić information content (AvgIpc) is 2.83. The molecule has 0 aliphatic heterocycles. The zero-order valence-electron chi connectivity index (χ0n) is 21.3. The number of hydrogen-bond donors (Lipinski definition) is 0. The molecular formula is C31H28Br2ClN3. The van der Waals surface area contributed by atoms with Gasteiger partial charge in [0.25, 0.3) is 0 Å². The van der Waals surface area contributed by atoms with E-state index in [9.17, 15) is 0 Å². The lowest BCUT2D eigenvalue weighted by Gasteiger charge is -2.12. The number of benzene rings is 2. The van der Waals surface area contributed by atoms with Gasteiger partial charge in [0, 0.05) is 37.5 Å². The summed E-state index contributed by atoms with van der Waals surface area (Å²) in [7, 11) is 4.11. The van der Waals surface area contributed by atoms with Crippen molar-refractivity contribution in [1.82, 2.24) is 14.9 Å². The van der Waals surface area contributed by atoms with Crippen molar-refractivity contribution in [3.05, 3.63) is 126 Å². The Morgan fingerprint density at radius 1 is 0.811 bits per heavy atom. The Bertz CT molecular complexity index is 1430. The zero-order chi connectivity index (χ0) is 26.8. The molecule has 188 valence electrons. The molecule has 37 heavy (non-hydrogen) atoms. The van der Waals surface area contributed by atoms with Crippen LogP contribution < -0.4 is 0 Å². The molecule has 0 unspecified atom stereocenters. The van der Waals surface area contributed by atoms with Crippen LogP contribution in [0.1, 0.15) is 39.5 Å². The summed E-state index contributed by atoms with van der Waals surface area (Å²) < 4.78 is 2.02.